The first kappa shape index (κ1) is 14.6. The Morgan fingerprint density at radius 1 is 1.44 bits per heavy atom. The second-order valence-electron chi connectivity index (χ2n) is 4.20. The van der Waals surface area contributed by atoms with E-state index >= 15 is 0 Å². The van der Waals surface area contributed by atoms with Crippen LogP contribution in [-0.2, 0) is 16.1 Å². The molecule has 0 aliphatic rings. The van der Waals surface area contributed by atoms with Crippen molar-refractivity contribution in [3.05, 3.63) is 35.4 Å². The van der Waals surface area contributed by atoms with E-state index in [-0.39, 0.29) is 12.5 Å². The molecule has 2 unspecified atom stereocenters. The largest absolute Gasteiger partial charge is 0.389 e. The lowest BCUT2D eigenvalue weighted by molar-refractivity contribution is -0.123. The quantitative estimate of drug-likeness (QED) is 0.681. The average Bonchev–Trinajstić information content (AvgIpc) is 2.36. The zero-order valence-corrected chi connectivity index (χ0v) is 10.7. The Bertz CT molecular complexity index is 376. The Morgan fingerprint density at radius 2 is 2.06 bits per heavy atom. The van der Waals surface area contributed by atoms with Gasteiger partial charge in [-0.05, 0) is 18.1 Å². The molecule has 0 aromatic heterocycles. The number of benzene rings is 1. The highest BCUT2D eigenvalue weighted by atomic mass is 16.5. The first-order valence-corrected chi connectivity index (χ1v) is 5.83. The van der Waals surface area contributed by atoms with Gasteiger partial charge in [-0.15, -0.1) is 0 Å². The van der Waals surface area contributed by atoms with Crippen LogP contribution in [0, 0.1) is 0 Å². The van der Waals surface area contributed by atoms with Crippen molar-refractivity contribution in [1.82, 2.24) is 5.32 Å². The molecule has 0 bridgehead atoms. The van der Waals surface area contributed by atoms with Crippen LogP contribution in [0.1, 0.15) is 24.2 Å². The number of amides is 1. The first-order valence-electron chi connectivity index (χ1n) is 5.83. The molecule has 100 valence electrons. The molecule has 18 heavy (non-hydrogen) atoms. The number of nitrogens with one attached hydrogen (secondary N) is 1. The smallest absolute Gasteiger partial charge is 0.239 e. The maximum absolute atomic E-state index is 11.5. The van der Waals surface area contributed by atoms with Crippen molar-refractivity contribution in [3.63, 3.8) is 0 Å². The molecule has 0 spiro atoms. The van der Waals surface area contributed by atoms with Gasteiger partial charge in [-0.25, -0.2) is 0 Å². The van der Waals surface area contributed by atoms with E-state index in [1.54, 1.807) is 6.92 Å². The molecule has 5 nitrogen and oxygen atoms in total. The fourth-order valence-corrected chi connectivity index (χ4v) is 1.49. The Balaban J connectivity index is 2.46. The van der Waals surface area contributed by atoms with E-state index in [2.05, 4.69) is 5.32 Å². The van der Waals surface area contributed by atoms with Gasteiger partial charge >= 0.3 is 0 Å². The van der Waals surface area contributed by atoms with Crippen LogP contribution in [0.2, 0.25) is 0 Å². The summed E-state index contributed by atoms with van der Waals surface area (Å²) in [7, 11) is 1.50. The fraction of sp³-hybridized carbons (Fsp3) is 0.462. The summed E-state index contributed by atoms with van der Waals surface area (Å²) in [6.45, 7) is 2.32. The molecule has 0 saturated carbocycles. The van der Waals surface area contributed by atoms with E-state index in [0.717, 1.165) is 11.1 Å². The standard InChI is InChI=1S/C13H20N2O3/c1-9(16)11-5-3-10(4-6-11)7-15-13(17)12(14)8-18-2/h3-6,9,12,16H,7-8,14H2,1-2H3,(H,15,17). The van der Waals surface area contributed by atoms with Crippen LogP contribution in [0.3, 0.4) is 0 Å². The number of rotatable bonds is 6. The second-order valence-corrected chi connectivity index (χ2v) is 4.20. The molecule has 1 rings (SSSR count). The highest BCUT2D eigenvalue weighted by molar-refractivity contribution is 5.81. The third kappa shape index (κ3) is 4.44. The van der Waals surface area contributed by atoms with Gasteiger partial charge in [0.1, 0.15) is 6.04 Å². The lowest BCUT2D eigenvalue weighted by Crippen LogP contribution is -2.43. The van der Waals surface area contributed by atoms with Gasteiger partial charge in [-0.2, -0.15) is 0 Å². The lowest BCUT2D eigenvalue weighted by Gasteiger charge is -2.11. The summed E-state index contributed by atoms with van der Waals surface area (Å²) in [5.41, 5.74) is 7.39. The molecule has 1 aromatic rings. The van der Waals surface area contributed by atoms with E-state index in [0.29, 0.717) is 6.54 Å². The molecule has 0 saturated heterocycles. The monoisotopic (exact) mass is 252 g/mol. The molecule has 1 amide bonds. The number of hydrogen-bond acceptors (Lipinski definition) is 4. The molecule has 0 aliphatic carbocycles. The third-order valence-electron chi connectivity index (χ3n) is 2.61. The number of carbonyl (C=O) groups excluding carboxylic acids is 1. The molecule has 4 N–H and O–H groups in total. The van der Waals surface area contributed by atoms with Crippen LogP contribution in [0.25, 0.3) is 0 Å². The predicted octanol–water partition coefficient (Wildman–Crippen LogP) is 0.330. The number of carbonyl (C=O) groups is 1. The Labute approximate surface area is 107 Å². The number of aliphatic hydroxyl groups excluding tert-OH is 1. The second kappa shape index (κ2) is 7.10. The van der Waals surface area contributed by atoms with E-state index < -0.39 is 12.1 Å². The van der Waals surface area contributed by atoms with Crippen molar-refractivity contribution in [2.45, 2.75) is 25.6 Å². The predicted molar refractivity (Wildman–Crippen MR) is 68.8 cm³/mol. The van der Waals surface area contributed by atoms with Crippen molar-refractivity contribution in [2.75, 3.05) is 13.7 Å². The van der Waals surface area contributed by atoms with Crippen molar-refractivity contribution < 1.29 is 14.6 Å². The van der Waals surface area contributed by atoms with E-state index in [4.69, 9.17) is 10.5 Å². The van der Waals surface area contributed by atoms with Gasteiger partial charge in [-0.3, -0.25) is 4.79 Å². The van der Waals surface area contributed by atoms with Crippen LogP contribution in [0.4, 0.5) is 0 Å². The van der Waals surface area contributed by atoms with Crippen molar-refractivity contribution >= 4 is 5.91 Å². The summed E-state index contributed by atoms with van der Waals surface area (Å²) < 4.78 is 4.81. The zero-order chi connectivity index (χ0) is 13.5. The number of nitrogens with two attached hydrogens (primary N) is 1. The van der Waals surface area contributed by atoms with Gasteiger partial charge in [0, 0.05) is 13.7 Å². The van der Waals surface area contributed by atoms with Crippen LogP contribution >= 0.6 is 0 Å². The Morgan fingerprint density at radius 3 is 2.56 bits per heavy atom. The summed E-state index contributed by atoms with van der Waals surface area (Å²) in [5.74, 6) is -0.239. The fourth-order valence-electron chi connectivity index (χ4n) is 1.49. The summed E-state index contributed by atoms with van der Waals surface area (Å²) >= 11 is 0. The van der Waals surface area contributed by atoms with Crippen LogP contribution in [0.5, 0.6) is 0 Å². The number of methoxy groups -OCH3 is 1. The Kier molecular flexibility index (Phi) is 5.77. The highest BCUT2D eigenvalue weighted by Crippen LogP contribution is 2.12. The van der Waals surface area contributed by atoms with Crippen molar-refractivity contribution in [1.29, 1.82) is 0 Å². The zero-order valence-electron chi connectivity index (χ0n) is 10.7. The highest BCUT2D eigenvalue weighted by Gasteiger charge is 2.12. The van der Waals surface area contributed by atoms with Gasteiger partial charge < -0.3 is 20.9 Å². The molecule has 2 atom stereocenters. The molecular weight excluding hydrogens is 232 g/mol. The minimum Gasteiger partial charge on any atom is -0.389 e. The van der Waals surface area contributed by atoms with Crippen LogP contribution in [-0.4, -0.2) is 30.8 Å². The van der Waals surface area contributed by atoms with Crippen LogP contribution in [0.15, 0.2) is 24.3 Å². The molecule has 5 heteroatoms. The Hall–Kier alpha value is -1.43. The van der Waals surface area contributed by atoms with Crippen molar-refractivity contribution in [3.8, 4) is 0 Å². The number of hydrogen-bond donors (Lipinski definition) is 3. The maximum atomic E-state index is 11.5. The summed E-state index contributed by atoms with van der Waals surface area (Å²) in [4.78, 5) is 11.5. The van der Waals surface area contributed by atoms with E-state index in [9.17, 15) is 9.90 Å². The van der Waals surface area contributed by atoms with Gasteiger partial charge in [0.25, 0.3) is 0 Å². The normalized spacial score (nSPS) is 14.0. The van der Waals surface area contributed by atoms with Gasteiger partial charge in [0.15, 0.2) is 0 Å². The SMILES string of the molecule is COCC(N)C(=O)NCc1ccc(C(C)O)cc1. The summed E-state index contributed by atoms with van der Waals surface area (Å²) in [6, 6.07) is 6.75. The van der Waals surface area contributed by atoms with Crippen molar-refractivity contribution in [2.24, 2.45) is 5.73 Å². The number of aliphatic hydroxyl groups is 1. The van der Waals surface area contributed by atoms with Gasteiger partial charge in [0.2, 0.25) is 5.91 Å². The minimum absolute atomic E-state index is 0.201. The molecule has 0 radical (unpaired) electrons. The number of ether oxygens (including phenoxy) is 1. The van der Waals surface area contributed by atoms with Crippen LogP contribution < -0.4 is 11.1 Å². The summed E-state index contributed by atoms with van der Waals surface area (Å²) in [6.07, 6.45) is -0.483. The van der Waals surface area contributed by atoms with Gasteiger partial charge in [0.05, 0.1) is 12.7 Å². The molecule has 0 heterocycles. The molecule has 0 aliphatic heterocycles. The topological polar surface area (TPSA) is 84.6 Å². The average molecular weight is 252 g/mol. The van der Waals surface area contributed by atoms with Gasteiger partial charge in [-0.1, -0.05) is 24.3 Å². The van der Waals surface area contributed by atoms with E-state index in [1.165, 1.54) is 7.11 Å². The third-order valence-corrected chi connectivity index (χ3v) is 2.61. The maximum Gasteiger partial charge on any atom is 0.239 e. The minimum atomic E-state index is -0.647. The summed E-state index contributed by atoms with van der Waals surface area (Å²) in [5, 5.41) is 12.1. The molecular formula is C13H20N2O3. The first-order chi connectivity index (χ1) is 8.54. The molecule has 0 fully saturated rings. The molecule has 1 aromatic carbocycles. The van der Waals surface area contributed by atoms with E-state index in [1.807, 2.05) is 24.3 Å². The lowest BCUT2D eigenvalue weighted by atomic mass is 10.1.